The lowest BCUT2D eigenvalue weighted by Gasteiger charge is -2.43. The Bertz CT molecular complexity index is 1310. The first-order valence-electron chi connectivity index (χ1n) is 13.2. The zero-order valence-corrected chi connectivity index (χ0v) is 22.0. The van der Waals surface area contributed by atoms with Crippen molar-refractivity contribution >= 4 is 34.1 Å². The minimum Gasteiger partial charge on any atom is -0.389 e. The second-order valence-corrected chi connectivity index (χ2v) is 11.5. The molecule has 2 aliphatic heterocycles. The van der Waals surface area contributed by atoms with E-state index in [1.807, 2.05) is 30.3 Å². The lowest BCUT2D eigenvalue weighted by Crippen LogP contribution is -2.56. The molecule has 1 aliphatic carbocycles. The molecule has 6 rings (SSSR count). The Morgan fingerprint density at radius 3 is 2.70 bits per heavy atom. The van der Waals surface area contributed by atoms with E-state index in [-0.39, 0.29) is 29.2 Å². The van der Waals surface area contributed by atoms with Gasteiger partial charge in [0.2, 0.25) is 5.91 Å². The molecule has 1 amide bonds. The lowest BCUT2D eigenvalue weighted by molar-refractivity contribution is -0.117. The van der Waals surface area contributed by atoms with Gasteiger partial charge in [-0.2, -0.15) is 0 Å². The number of ether oxygens (including phenoxy) is 1. The molecule has 8 heteroatoms. The third kappa shape index (κ3) is 4.52. The number of aromatic nitrogens is 2. The summed E-state index contributed by atoms with van der Waals surface area (Å²) in [6.45, 7) is 6.95. The van der Waals surface area contributed by atoms with Crippen LogP contribution in [0.1, 0.15) is 49.8 Å². The summed E-state index contributed by atoms with van der Waals surface area (Å²) in [4.78, 5) is 24.3. The van der Waals surface area contributed by atoms with E-state index in [0.717, 1.165) is 53.0 Å². The van der Waals surface area contributed by atoms with Crippen LogP contribution >= 0.6 is 11.6 Å². The number of nitrogens with zero attached hydrogens (tertiary/aromatic N) is 3. The molecule has 3 aromatic rings. The molecule has 1 aromatic carbocycles. The number of hydrogen-bond acceptors (Lipinski definition) is 6. The summed E-state index contributed by atoms with van der Waals surface area (Å²) < 4.78 is 5.54. The highest BCUT2D eigenvalue weighted by Crippen LogP contribution is 2.53. The summed E-state index contributed by atoms with van der Waals surface area (Å²) in [6.07, 6.45) is 5.04. The van der Waals surface area contributed by atoms with Crippen molar-refractivity contribution in [2.75, 3.05) is 31.6 Å². The number of hydrogen-bond donors (Lipinski definition) is 2. The highest BCUT2D eigenvalue weighted by atomic mass is 35.5. The first-order valence-corrected chi connectivity index (χ1v) is 13.5. The molecule has 1 saturated carbocycles. The molecule has 4 heterocycles. The average molecular weight is 521 g/mol. The molecular weight excluding hydrogens is 488 g/mol. The number of nitrogens with one attached hydrogen (secondary N) is 1. The second kappa shape index (κ2) is 9.62. The van der Waals surface area contributed by atoms with E-state index in [0.29, 0.717) is 24.9 Å². The lowest BCUT2D eigenvalue weighted by atomic mass is 9.85. The van der Waals surface area contributed by atoms with Gasteiger partial charge in [-0.15, -0.1) is 0 Å². The van der Waals surface area contributed by atoms with Gasteiger partial charge < -0.3 is 15.2 Å². The molecule has 0 bridgehead atoms. The largest absolute Gasteiger partial charge is 0.389 e. The first-order chi connectivity index (χ1) is 17.8. The van der Waals surface area contributed by atoms with Crippen molar-refractivity contribution in [2.24, 2.45) is 11.8 Å². The number of amides is 1. The third-order valence-corrected chi connectivity index (χ3v) is 9.17. The van der Waals surface area contributed by atoms with Gasteiger partial charge in [0, 0.05) is 34.4 Å². The summed E-state index contributed by atoms with van der Waals surface area (Å²) in [6, 6.07) is 11.9. The fourth-order valence-corrected chi connectivity index (χ4v) is 6.65. The van der Waals surface area contributed by atoms with Crippen LogP contribution in [0.25, 0.3) is 10.8 Å². The molecule has 3 fully saturated rings. The number of likely N-dealkylation sites (tertiary alicyclic amines) is 1. The summed E-state index contributed by atoms with van der Waals surface area (Å²) >= 11 is 6.74. The zero-order valence-electron chi connectivity index (χ0n) is 21.2. The van der Waals surface area contributed by atoms with Gasteiger partial charge >= 0.3 is 0 Å². The number of aliphatic hydroxyl groups excluding tert-OH is 1. The fourth-order valence-electron chi connectivity index (χ4n) is 6.32. The van der Waals surface area contributed by atoms with Crippen LogP contribution in [0.2, 0.25) is 5.02 Å². The maximum absolute atomic E-state index is 13.0. The van der Waals surface area contributed by atoms with Crippen molar-refractivity contribution in [3.63, 3.8) is 0 Å². The van der Waals surface area contributed by atoms with Crippen molar-refractivity contribution < 1.29 is 14.6 Å². The molecule has 0 spiro atoms. The molecule has 2 aromatic heterocycles. The minimum absolute atomic E-state index is 0.0110. The van der Waals surface area contributed by atoms with Gasteiger partial charge in [0.1, 0.15) is 5.82 Å². The summed E-state index contributed by atoms with van der Waals surface area (Å²) in [5.41, 5.74) is 1.79. The van der Waals surface area contributed by atoms with Gasteiger partial charge in [-0.1, -0.05) is 24.6 Å². The Labute approximate surface area is 222 Å². The van der Waals surface area contributed by atoms with Crippen LogP contribution in [0, 0.1) is 11.8 Å². The van der Waals surface area contributed by atoms with Gasteiger partial charge in [0.25, 0.3) is 0 Å². The van der Waals surface area contributed by atoms with Crippen molar-refractivity contribution in [3.05, 3.63) is 65.1 Å². The number of anilines is 1. The summed E-state index contributed by atoms with van der Waals surface area (Å²) in [5.74, 6) is 1.20. The quantitative estimate of drug-likeness (QED) is 0.511. The standard InChI is InChI=1S/C29H33ClN4O3/c1-17-26(23-5-3-4-8-31-23)27(17)28(36)33-25-13-19-11-21(22(30)12-20(19)14-32-25)18-6-9-34(10-7-18)29(2)16-37-15-24(29)35/h3-5,8,11-14,17-18,24,26-27,35H,6-7,9-10,15-16H2,1-2H3,(H,32,33,36)/t17-,24-,26-,27-,29+/m1/s1. The maximum Gasteiger partial charge on any atom is 0.229 e. The first kappa shape index (κ1) is 24.7. The maximum atomic E-state index is 13.0. The van der Waals surface area contributed by atoms with Crippen LogP contribution in [0.5, 0.6) is 0 Å². The molecule has 0 radical (unpaired) electrons. The monoisotopic (exact) mass is 520 g/mol. The normalized spacial score (nSPS) is 30.5. The highest BCUT2D eigenvalue weighted by molar-refractivity contribution is 6.32. The van der Waals surface area contributed by atoms with Crippen molar-refractivity contribution in [3.8, 4) is 0 Å². The van der Waals surface area contributed by atoms with E-state index in [2.05, 4.69) is 40.1 Å². The van der Waals surface area contributed by atoms with E-state index in [1.165, 1.54) is 0 Å². The SMILES string of the molecule is C[C@H]1[C@@H](C(=O)Nc2cc3cc(C4CCN([C@@]5(C)COC[C@H]5O)CC4)c(Cl)cc3cn2)[C@H]1c1ccccn1. The van der Waals surface area contributed by atoms with E-state index in [4.69, 9.17) is 16.3 Å². The molecule has 7 nitrogen and oxygen atoms in total. The topological polar surface area (TPSA) is 87.6 Å². The smallest absolute Gasteiger partial charge is 0.229 e. The van der Waals surface area contributed by atoms with E-state index in [1.54, 1.807) is 12.4 Å². The molecule has 37 heavy (non-hydrogen) atoms. The Kier molecular flexibility index (Phi) is 6.43. The van der Waals surface area contributed by atoms with Crippen LogP contribution in [-0.2, 0) is 9.53 Å². The summed E-state index contributed by atoms with van der Waals surface area (Å²) in [7, 11) is 0. The predicted octanol–water partition coefficient (Wildman–Crippen LogP) is 4.60. The third-order valence-electron chi connectivity index (χ3n) is 8.84. The Hall–Kier alpha value is -2.58. The highest BCUT2D eigenvalue weighted by Gasteiger charge is 2.53. The number of benzene rings is 1. The Morgan fingerprint density at radius 1 is 1.19 bits per heavy atom. The Balaban J connectivity index is 1.16. The average Bonchev–Trinajstić information content (AvgIpc) is 3.47. The van der Waals surface area contributed by atoms with Gasteiger partial charge in [-0.3, -0.25) is 14.7 Å². The van der Waals surface area contributed by atoms with Crippen LogP contribution in [-0.4, -0.2) is 63.8 Å². The minimum atomic E-state index is -0.452. The number of carbonyl (C=O) groups is 1. The number of rotatable bonds is 5. The number of pyridine rings is 2. The number of aliphatic hydroxyl groups is 1. The number of fused-ring (bicyclic) bond motifs is 1. The predicted molar refractivity (Wildman–Crippen MR) is 144 cm³/mol. The van der Waals surface area contributed by atoms with Crippen LogP contribution in [0.4, 0.5) is 5.82 Å². The second-order valence-electron chi connectivity index (χ2n) is 11.1. The molecule has 2 N–H and O–H groups in total. The number of carbonyl (C=O) groups excluding carboxylic acids is 1. The van der Waals surface area contributed by atoms with E-state index in [9.17, 15) is 9.90 Å². The molecule has 3 aliphatic rings. The van der Waals surface area contributed by atoms with Gasteiger partial charge in [0.05, 0.1) is 30.8 Å². The molecule has 5 atom stereocenters. The van der Waals surface area contributed by atoms with Crippen LogP contribution in [0.3, 0.4) is 0 Å². The fraction of sp³-hybridized carbons (Fsp3) is 0.483. The van der Waals surface area contributed by atoms with Crippen LogP contribution in [0.15, 0.2) is 48.8 Å². The van der Waals surface area contributed by atoms with Crippen molar-refractivity contribution in [1.29, 1.82) is 0 Å². The number of piperidine rings is 1. The van der Waals surface area contributed by atoms with E-state index < -0.39 is 6.10 Å². The molecule has 2 saturated heterocycles. The molecular formula is C29H33ClN4O3. The summed E-state index contributed by atoms with van der Waals surface area (Å²) in [5, 5.41) is 16.2. The van der Waals surface area contributed by atoms with Gasteiger partial charge in [0.15, 0.2) is 0 Å². The zero-order chi connectivity index (χ0) is 25.7. The van der Waals surface area contributed by atoms with Crippen LogP contribution < -0.4 is 5.32 Å². The Morgan fingerprint density at radius 2 is 2.00 bits per heavy atom. The van der Waals surface area contributed by atoms with Gasteiger partial charge in [-0.05, 0) is 86.0 Å². The molecule has 0 unspecified atom stereocenters. The molecule has 194 valence electrons. The van der Waals surface area contributed by atoms with Crippen molar-refractivity contribution in [1.82, 2.24) is 14.9 Å². The van der Waals surface area contributed by atoms with E-state index >= 15 is 0 Å². The van der Waals surface area contributed by atoms with Crippen molar-refractivity contribution in [2.45, 2.75) is 50.2 Å². The number of halogens is 1. The van der Waals surface area contributed by atoms with Gasteiger partial charge in [-0.25, -0.2) is 4.98 Å².